The van der Waals surface area contributed by atoms with Gasteiger partial charge >= 0.3 is 0 Å². The first-order valence-electron chi connectivity index (χ1n) is 3.67. The van der Waals surface area contributed by atoms with Crippen LogP contribution < -0.4 is 5.32 Å². The van der Waals surface area contributed by atoms with Gasteiger partial charge in [0.2, 0.25) is 0 Å². The molecule has 1 rings (SSSR count). The topological polar surface area (TPSA) is 52.9 Å². The molecule has 0 aromatic heterocycles. The van der Waals surface area contributed by atoms with Gasteiger partial charge in [-0.1, -0.05) is 18.2 Å². The van der Waals surface area contributed by atoms with Crippen LogP contribution in [0.4, 0.5) is 5.69 Å². The number of carbonyl (C=O) groups excluding carboxylic acids is 1. The fraction of sp³-hybridized carbons (Fsp3) is 0.111. The molecule has 1 aromatic rings. The van der Waals surface area contributed by atoms with Crippen LogP contribution >= 0.6 is 12.6 Å². The normalized spacial score (nSPS) is 11.4. The first-order valence-corrected chi connectivity index (χ1v) is 4.19. The highest BCUT2D eigenvalue weighted by Crippen LogP contribution is 2.06. The van der Waals surface area contributed by atoms with Gasteiger partial charge in [-0.15, -0.1) is 0 Å². The Bertz CT molecular complexity index is 331. The molecule has 13 heavy (non-hydrogen) atoms. The molecule has 1 unspecified atom stereocenters. The van der Waals surface area contributed by atoms with E-state index in [-0.39, 0.29) is 0 Å². The number of anilines is 1. The molecular formula is C9H8N2OS. The molecule has 66 valence electrons. The van der Waals surface area contributed by atoms with Gasteiger partial charge in [0, 0.05) is 5.69 Å². The molecule has 0 aliphatic heterocycles. The van der Waals surface area contributed by atoms with Gasteiger partial charge in [0.05, 0.1) is 6.07 Å². The highest BCUT2D eigenvalue weighted by molar-refractivity contribution is 7.82. The summed E-state index contributed by atoms with van der Waals surface area (Å²) >= 11 is 3.78. The number of para-hydroxylation sites is 1. The first kappa shape index (κ1) is 9.62. The second-order valence-corrected chi connectivity index (χ2v) is 2.90. The van der Waals surface area contributed by atoms with Gasteiger partial charge in [-0.2, -0.15) is 17.9 Å². The van der Waals surface area contributed by atoms with E-state index in [1.54, 1.807) is 30.3 Å². The van der Waals surface area contributed by atoms with Crippen molar-refractivity contribution in [3.05, 3.63) is 30.3 Å². The number of rotatable bonds is 2. The average Bonchev–Trinajstić information content (AvgIpc) is 2.18. The Labute approximate surface area is 81.8 Å². The number of hydrogen-bond acceptors (Lipinski definition) is 3. The minimum absolute atomic E-state index is 0.406. The number of benzene rings is 1. The lowest BCUT2D eigenvalue weighted by atomic mass is 10.3. The van der Waals surface area contributed by atoms with E-state index in [1.165, 1.54) is 0 Å². The van der Waals surface area contributed by atoms with Crippen LogP contribution in [0.25, 0.3) is 0 Å². The van der Waals surface area contributed by atoms with Crippen molar-refractivity contribution in [2.75, 3.05) is 5.32 Å². The maximum Gasteiger partial charge on any atom is 0.251 e. The molecule has 0 radical (unpaired) electrons. The van der Waals surface area contributed by atoms with Gasteiger partial charge in [0.1, 0.15) is 0 Å². The second-order valence-electron chi connectivity index (χ2n) is 2.39. The number of amides is 1. The van der Waals surface area contributed by atoms with Crippen LogP contribution in [0.1, 0.15) is 0 Å². The highest BCUT2D eigenvalue weighted by Gasteiger charge is 2.11. The van der Waals surface area contributed by atoms with Crippen molar-refractivity contribution in [3.63, 3.8) is 0 Å². The maximum absolute atomic E-state index is 11.1. The lowest BCUT2D eigenvalue weighted by Crippen LogP contribution is -2.21. The predicted octanol–water partition coefficient (Wildman–Crippen LogP) is 1.45. The summed E-state index contributed by atoms with van der Waals surface area (Å²) in [5.74, 6) is -0.406. The number of carbonyl (C=O) groups is 1. The third-order valence-electron chi connectivity index (χ3n) is 1.41. The quantitative estimate of drug-likeness (QED) is 0.697. The Morgan fingerprint density at radius 2 is 2.08 bits per heavy atom. The third-order valence-corrected chi connectivity index (χ3v) is 1.76. The van der Waals surface area contributed by atoms with E-state index >= 15 is 0 Å². The Kier molecular flexibility index (Phi) is 3.35. The lowest BCUT2D eigenvalue weighted by molar-refractivity contribution is -0.114. The van der Waals surface area contributed by atoms with E-state index in [9.17, 15) is 4.79 Å². The predicted molar refractivity (Wildman–Crippen MR) is 53.5 cm³/mol. The number of nitrogens with one attached hydrogen (secondary N) is 1. The summed E-state index contributed by atoms with van der Waals surface area (Å²) in [4.78, 5) is 11.1. The number of nitrogens with zero attached hydrogens (tertiary/aromatic N) is 1. The molecule has 0 bridgehead atoms. The lowest BCUT2D eigenvalue weighted by Gasteiger charge is -2.04. The monoisotopic (exact) mass is 192 g/mol. The summed E-state index contributed by atoms with van der Waals surface area (Å²) in [6.45, 7) is 0. The fourth-order valence-corrected chi connectivity index (χ4v) is 0.855. The highest BCUT2D eigenvalue weighted by atomic mass is 32.1. The van der Waals surface area contributed by atoms with Crippen LogP contribution in [0.3, 0.4) is 0 Å². The van der Waals surface area contributed by atoms with Gasteiger partial charge in [-0.3, -0.25) is 4.79 Å². The van der Waals surface area contributed by atoms with Crippen LogP contribution in [0, 0.1) is 11.3 Å². The van der Waals surface area contributed by atoms with Crippen LogP contribution in [0.5, 0.6) is 0 Å². The van der Waals surface area contributed by atoms with Crippen LogP contribution in [0.15, 0.2) is 30.3 Å². The van der Waals surface area contributed by atoms with Gasteiger partial charge in [0.25, 0.3) is 5.91 Å². The Morgan fingerprint density at radius 1 is 1.46 bits per heavy atom. The molecule has 1 amide bonds. The third kappa shape index (κ3) is 2.80. The molecule has 0 fully saturated rings. The van der Waals surface area contributed by atoms with E-state index < -0.39 is 11.2 Å². The van der Waals surface area contributed by atoms with E-state index in [4.69, 9.17) is 5.26 Å². The molecule has 0 heterocycles. The van der Waals surface area contributed by atoms with Gasteiger partial charge in [-0.25, -0.2) is 0 Å². The van der Waals surface area contributed by atoms with Crippen molar-refractivity contribution in [2.24, 2.45) is 0 Å². The standard InChI is InChI=1S/C9H8N2OS/c10-6-8(13)9(12)11-7-4-2-1-3-5-7/h1-5,8,13H,(H,11,12). The van der Waals surface area contributed by atoms with Crippen LogP contribution in [0.2, 0.25) is 0 Å². The SMILES string of the molecule is N#CC(S)C(=O)Nc1ccccc1. The Hall–Kier alpha value is -1.47. The van der Waals surface area contributed by atoms with Gasteiger partial charge in [0.15, 0.2) is 5.25 Å². The molecule has 1 aromatic carbocycles. The largest absolute Gasteiger partial charge is 0.324 e. The van der Waals surface area contributed by atoms with Crippen LogP contribution in [-0.2, 0) is 4.79 Å². The molecule has 0 aliphatic rings. The molecule has 0 saturated carbocycles. The van der Waals surface area contributed by atoms with E-state index in [0.717, 1.165) is 0 Å². The maximum atomic E-state index is 11.1. The zero-order chi connectivity index (χ0) is 9.68. The minimum atomic E-state index is -0.916. The molecule has 1 atom stereocenters. The zero-order valence-electron chi connectivity index (χ0n) is 6.77. The van der Waals surface area contributed by atoms with Crippen LogP contribution in [-0.4, -0.2) is 11.2 Å². The van der Waals surface area contributed by atoms with Crippen molar-refractivity contribution in [2.45, 2.75) is 5.25 Å². The fourth-order valence-electron chi connectivity index (χ4n) is 0.791. The number of thiol groups is 1. The molecule has 0 spiro atoms. The van der Waals surface area contributed by atoms with Gasteiger partial charge in [-0.05, 0) is 12.1 Å². The molecule has 0 aliphatic carbocycles. The molecule has 3 nitrogen and oxygen atoms in total. The summed E-state index contributed by atoms with van der Waals surface area (Å²) in [6.07, 6.45) is 0. The summed E-state index contributed by atoms with van der Waals surface area (Å²) in [6, 6.07) is 10.7. The second kappa shape index (κ2) is 4.53. The van der Waals surface area contributed by atoms with E-state index in [1.807, 2.05) is 6.07 Å². The van der Waals surface area contributed by atoms with Crippen molar-refractivity contribution < 1.29 is 4.79 Å². The van der Waals surface area contributed by atoms with Crippen molar-refractivity contribution in [3.8, 4) is 6.07 Å². The zero-order valence-corrected chi connectivity index (χ0v) is 7.66. The summed E-state index contributed by atoms with van der Waals surface area (Å²) in [5.41, 5.74) is 0.668. The Morgan fingerprint density at radius 3 is 2.62 bits per heavy atom. The van der Waals surface area contributed by atoms with E-state index in [0.29, 0.717) is 5.69 Å². The summed E-state index contributed by atoms with van der Waals surface area (Å²) < 4.78 is 0. The van der Waals surface area contributed by atoms with Crippen molar-refractivity contribution in [1.82, 2.24) is 0 Å². The number of hydrogen-bond donors (Lipinski definition) is 2. The molecule has 1 N–H and O–H groups in total. The molecule has 0 saturated heterocycles. The average molecular weight is 192 g/mol. The number of nitriles is 1. The van der Waals surface area contributed by atoms with Crippen molar-refractivity contribution >= 4 is 24.2 Å². The van der Waals surface area contributed by atoms with Crippen molar-refractivity contribution in [1.29, 1.82) is 5.26 Å². The molecule has 4 heteroatoms. The molecular weight excluding hydrogens is 184 g/mol. The summed E-state index contributed by atoms with van der Waals surface area (Å²) in [7, 11) is 0. The Balaban J connectivity index is 2.62. The first-order chi connectivity index (χ1) is 6.24. The smallest absolute Gasteiger partial charge is 0.251 e. The summed E-state index contributed by atoms with van der Waals surface area (Å²) in [5, 5.41) is 10.0. The van der Waals surface area contributed by atoms with Gasteiger partial charge < -0.3 is 5.32 Å². The van der Waals surface area contributed by atoms with E-state index in [2.05, 4.69) is 17.9 Å². The minimum Gasteiger partial charge on any atom is -0.324 e.